The van der Waals surface area contributed by atoms with Crippen LogP contribution in [-0.2, 0) is 0 Å². The van der Waals surface area contributed by atoms with Crippen LogP contribution in [0.15, 0.2) is 212 Å². The van der Waals surface area contributed by atoms with Gasteiger partial charge in [0, 0.05) is 37.1 Å². The zero-order chi connectivity index (χ0) is 35.8. The van der Waals surface area contributed by atoms with E-state index in [0.29, 0.717) is 0 Å². The van der Waals surface area contributed by atoms with Crippen LogP contribution >= 0.6 is 11.3 Å². The Morgan fingerprint density at radius 2 is 0.833 bits per heavy atom. The van der Waals surface area contributed by atoms with Gasteiger partial charge in [-0.25, -0.2) is 0 Å². The molecule has 0 saturated carbocycles. The van der Waals surface area contributed by atoms with Crippen LogP contribution in [0.4, 0.5) is 17.1 Å². The van der Waals surface area contributed by atoms with Crippen molar-refractivity contribution in [2.75, 3.05) is 4.90 Å². The average molecular weight is 706 g/mol. The molecule has 0 fully saturated rings. The lowest BCUT2D eigenvalue weighted by atomic mass is 9.94. The number of anilines is 3. The van der Waals surface area contributed by atoms with Gasteiger partial charge in [0.25, 0.3) is 0 Å². The highest BCUT2D eigenvalue weighted by atomic mass is 32.1. The highest BCUT2D eigenvalue weighted by Crippen LogP contribution is 2.46. The molecule has 0 amide bonds. The van der Waals surface area contributed by atoms with Gasteiger partial charge in [0.2, 0.25) is 0 Å². The van der Waals surface area contributed by atoms with Crippen LogP contribution in [0.3, 0.4) is 0 Å². The number of benzene rings is 9. The minimum Gasteiger partial charge on any atom is -0.310 e. The van der Waals surface area contributed by atoms with E-state index in [4.69, 9.17) is 0 Å². The van der Waals surface area contributed by atoms with Crippen molar-refractivity contribution in [3.05, 3.63) is 212 Å². The lowest BCUT2D eigenvalue weighted by molar-refractivity contribution is 1.29. The molecule has 0 aliphatic rings. The van der Waals surface area contributed by atoms with Crippen molar-refractivity contribution < 1.29 is 0 Å². The fraction of sp³-hybridized carbons (Fsp3) is 0. The molecule has 0 saturated heterocycles. The molecule has 0 N–H and O–H groups in total. The number of hydrogen-bond donors (Lipinski definition) is 0. The second kappa shape index (κ2) is 13.7. The first kappa shape index (κ1) is 32.0. The van der Waals surface area contributed by atoms with Crippen LogP contribution in [0.1, 0.15) is 0 Å². The van der Waals surface area contributed by atoms with Gasteiger partial charge in [-0.3, -0.25) is 0 Å². The Morgan fingerprint density at radius 1 is 0.296 bits per heavy atom. The smallest absolute Gasteiger partial charge is 0.0546 e. The van der Waals surface area contributed by atoms with Crippen molar-refractivity contribution in [2.45, 2.75) is 0 Å². The summed E-state index contributed by atoms with van der Waals surface area (Å²) in [5, 5.41) is 5.06. The maximum absolute atomic E-state index is 2.45. The van der Waals surface area contributed by atoms with Crippen molar-refractivity contribution >= 4 is 59.3 Å². The zero-order valence-electron chi connectivity index (χ0n) is 29.6. The van der Waals surface area contributed by atoms with Crippen LogP contribution in [0.2, 0.25) is 0 Å². The van der Waals surface area contributed by atoms with E-state index in [2.05, 4.69) is 217 Å². The van der Waals surface area contributed by atoms with Gasteiger partial charge in [0.05, 0.1) is 5.69 Å². The number of nitrogens with zero attached hydrogens (tertiary/aromatic N) is 1. The van der Waals surface area contributed by atoms with Gasteiger partial charge in [0.1, 0.15) is 0 Å². The standard InChI is InChI=1S/C52H35NS/c1-3-12-36(13-4-1)37-22-24-38(25-23-37)39-26-29-43(30-27-39)53(44-31-33-52-49(35-44)48-19-9-10-21-51(48)54-52)50-34-42(28-32-47(50)41-14-5-2-6-15-41)46-20-11-17-40-16-7-8-18-45(40)46/h1-35H. The van der Waals surface area contributed by atoms with Crippen LogP contribution in [0.25, 0.3) is 75.5 Å². The van der Waals surface area contributed by atoms with Gasteiger partial charge >= 0.3 is 0 Å². The monoisotopic (exact) mass is 705 g/mol. The first-order chi connectivity index (χ1) is 26.8. The van der Waals surface area contributed by atoms with Crippen molar-refractivity contribution in [1.82, 2.24) is 0 Å². The van der Waals surface area contributed by atoms with Crippen LogP contribution in [0, 0.1) is 0 Å². The van der Waals surface area contributed by atoms with E-state index in [9.17, 15) is 0 Å². The van der Waals surface area contributed by atoms with Gasteiger partial charge in [-0.2, -0.15) is 0 Å². The molecule has 0 spiro atoms. The van der Waals surface area contributed by atoms with E-state index in [-0.39, 0.29) is 0 Å². The Kier molecular flexibility index (Phi) is 8.09. The third kappa shape index (κ3) is 5.84. The topological polar surface area (TPSA) is 3.24 Å². The molecule has 2 heteroatoms. The van der Waals surface area contributed by atoms with Crippen molar-refractivity contribution in [3.63, 3.8) is 0 Å². The third-order valence-corrected chi connectivity index (χ3v) is 11.6. The summed E-state index contributed by atoms with van der Waals surface area (Å²) in [7, 11) is 0. The number of hydrogen-bond acceptors (Lipinski definition) is 2. The number of rotatable bonds is 7. The zero-order valence-corrected chi connectivity index (χ0v) is 30.4. The van der Waals surface area contributed by atoms with Crippen molar-refractivity contribution in [1.29, 1.82) is 0 Å². The summed E-state index contributed by atoms with van der Waals surface area (Å²) in [6, 6.07) is 77.3. The molecule has 9 aromatic carbocycles. The molecule has 1 nitrogen and oxygen atoms in total. The molecule has 10 rings (SSSR count). The lowest BCUT2D eigenvalue weighted by Gasteiger charge is -2.29. The van der Waals surface area contributed by atoms with E-state index >= 15 is 0 Å². The molecule has 54 heavy (non-hydrogen) atoms. The summed E-state index contributed by atoms with van der Waals surface area (Å²) in [4.78, 5) is 2.45. The minimum absolute atomic E-state index is 1.10. The van der Waals surface area contributed by atoms with Gasteiger partial charge in [0.15, 0.2) is 0 Å². The molecule has 10 aromatic rings. The maximum Gasteiger partial charge on any atom is 0.0546 e. The van der Waals surface area contributed by atoms with Gasteiger partial charge in [-0.1, -0.05) is 170 Å². The Balaban J connectivity index is 1.16. The normalized spacial score (nSPS) is 11.3. The van der Waals surface area contributed by atoms with Gasteiger partial charge < -0.3 is 4.90 Å². The summed E-state index contributed by atoms with van der Waals surface area (Å²) < 4.78 is 2.60. The fourth-order valence-corrected chi connectivity index (χ4v) is 8.88. The highest BCUT2D eigenvalue weighted by molar-refractivity contribution is 7.25. The van der Waals surface area contributed by atoms with E-state index in [1.54, 1.807) is 0 Å². The molecule has 254 valence electrons. The fourth-order valence-electron chi connectivity index (χ4n) is 7.79. The van der Waals surface area contributed by atoms with E-state index in [1.807, 2.05) is 11.3 Å². The van der Waals surface area contributed by atoms with Gasteiger partial charge in [-0.05, 0) is 92.2 Å². The maximum atomic E-state index is 2.45. The number of thiophene rings is 1. The molecule has 0 radical (unpaired) electrons. The average Bonchev–Trinajstić information content (AvgIpc) is 3.63. The molecule has 0 bridgehead atoms. The van der Waals surface area contributed by atoms with E-state index < -0.39 is 0 Å². The van der Waals surface area contributed by atoms with Crippen molar-refractivity contribution in [3.8, 4) is 44.5 Å². The molecule has 0 aliphatic carbocycles. The Labute approximate surface area is 319 Å². The minimum atomic E-state index is 1.10. The van der Waals surface area contributed by atoms with Crippen molar-refractivity contribution in [2.24, 2.45) is 0 Å². The molecular formula is C52H35NS. The largest absolute Gasteiger partial charge is 0.310 e. The number of fused-ring (bicyclic) bond motifs is 4. The first-order valence-corrected chi connectivity index (χ1v) is 19.2. The Morgan fingerprint density at radius 3 is 1.57 bits per heavy atom. The molecule has 0 atom stereocenters. The second-order valence-electron chi connectivity index (χ2n) is 13.7. The van der Waals surface area contributed by atoms with E-state index in [1.165, 1.54) is 75.5 Å². The van der Waals surface area contributed by atoms with Crippen LogP contribution in [0.5, 0.6) is 0 Å². The quantitative estimate of drug-likeness (QED) is 0.160. The van der Waals surface area contributed by atoms with Gasteiger partial charge in [-0.15, -0.1) is 11.3 Å². The predicted molar refractivity (Wildman–Crippen MR) is 233 cm³/mol. The second-order valence-corrected chi connectivity index (χ2v) is 14.8. The lowest BCUT2D eigenvalue weighted by Crippen LogP contribution is -2.11. The first-order valence-electron chi connectivity index (χ1n) is 18.4. The molecule has 1 heterocycles. The summed E-state index contributed by atoms with van der Waals surface area (Å²) in [5.74, 6) is 0. The summed E-state index contributed by atoms with van der Waals surface area (Å²) in [6.45, 7) is 0. The van der Waals surface area contributed by atoms with Crippen LogP contribution in [-0.4, -0.2) is 0 Å². The molecule has 1 aromatic heterocycles. The Hall–Kier alpha value is -6.74. The Bertz CT molecular complexity index is 2900. The molecule has 0 aliphatic heterocycles. The summed E-state index contributed by atoms with van der Waals surface area (Å²) in [5.41, 5.74) is 12.9. The predicted octanol–water partition coefficient (Wildman–Crippen LogP) is 15.3. The SMILES string of the molecule is c1ccc(-c2ccc(-c3ccc(N(c4ccc5sc6ccccc6c5c4)c4cc(-c5cccc6ccccc56)ccc4-c4ccccc4)cc3)cc2)cc1. The highest BCUT2D eigenvalue weighted by Gasteiger charge is 2.20. The van der Waals surface area contributed by atoms with Crippen LogP contribution < -0.4 is 4.90 Å². The summed E-state index contributed by atoms with van der Waals surface area (Å²) >= 11 is 1.86. The van der Waals surface area contributed by atoms with E-state index in [0.717, 1.165) is 17.1 Å². The third-order valence-electron chi connectivity index (χ3n) is 10.5. The summed E-state index contributed by atoms with van der Waals surface area (Å²) in [6.07, 6.45) is 0. The molecule has 0 unspecified atom stereocenters. The molecular weight excluding hydrogens is 671 g/mol.